The van der Waals surface area contributed by atoms with E-state index in [0.29, 0.717) is 17.5 Å². The van der Waals surface area contributed by atoms with Crippen LogP contribution in [-0.4, -0.2) is 19.5 Å². The zero-order chi connectivity index (χ0) is 34.9. The fourth-order valence-electron chi connectivity index (χ4n) is 8.17. The quantitative estimate of drug-likeness (QED) is 0.175. The van der Waals surface area contributed by atoms with Crippen molar-refractivity contribution in [2.24, 2.45) is 0 Å². The molecule has 0 N–H and O–H groups in total. The van der Waals surface area contributed by atoms with Gasteiger partial charge in [-0.25, -0.2) is 15.0 Å². The van der Waals surface area contributed by atoms with Crippen molar-refractivity contribution in [2.45, 2.75) is 0 Å². The first kappa shape index (κ1) is 29.5. The molecule has 0 aliphatic heterocycles. The van der Waals surface area contributed by atoms with E-state index in [1.54, 1.807) is 0 Å². The molecule has 11 aromatic rings. The minimum Gasteiger partial charge on any atom is -0.309 e. The lowest BCUT2D eigenvalue weighted by Gasteiger charge is -2.16. The third-order valence-corrected chi connectivity index (χ3v) is 10.5. The summed E-state index contributed by atoms with van der Waals surface area (Å²) in [6, 6.07) is 64.6. The van der Waals surface area contributed by atoms with Gasteiger partial charge < -0.3 is 4.57 Å². The molecule has 0 saturated heterocycles. The van der Waals surface area contributed by atoms with Gasteiger partial charge in [0.1, 0.15) is 0 Å². The molecule has 4 heteroatoms. The van der Waals surface area contributed by atoms with Gasteiger partial charge in [0.2, 0.25) is 0 Å². The molecule has 246 valence electrons. The maximum absolute atomic E-state index is 5.20. The number of hydrogen-bond donors (Lipinski definition) is 0. The number of hydrogen-bond acceptors (Lipinski definition) is 3. The van der Waals surface area contributed by atoms with Gasteiger partial charge in [-0.15, -0.1) is 0 Å². The summed E-state index contributed by atoms with van der Waals surface area (Å²) in [6.45, 7) is 0. The van der Waals surface area contributed by atoms with Crippen molar-refractivity contribution >= 4 is 64.9 Å². The van der Waals surface area contributed by atoms with Crippen LogP contribution in [0.5, 0.6) is 0 Å². The van der Waals surface area contributed by atoms with Crippen LogP contribution in [0.3, 0.4) is 0 Å². The van der Waals surface area contributed by atoms with E-state index in [1.165, 1.54) is 48.6 Å². The third kappa shape index (κ3) is 4.66. The highest BCUT2D eigenvalue weighted by atomic mass is 15.0. The highest BCUT2D eigenvalue weighted by Gasteiger charge is 2.22. The van der Waals surface area contributed by atoms with E-state index >= 15 is 0 Å². The SMILES string of the molecule is c1ccc(-c2nc(-c3ccccc3)nc(-c3cc(-n4c5cc6ccccc6cc5c5c6ccccc6c6ccccc6c54)cc4ccccc34)n2)cc1. The molecule has 0 aliphatic carbocycles. The normalized spacial score (nSPS) is 11.8. The molecule has 11 rings (SSSR count). The molecule has 53 heavy (non-hydrogen) atoms. The summed E-state index contributed by atoms with van der Waals surface area (Å²) >= 11 is 0. The van der Waals surface area contributed by atoms with Gasteiger partial charge in [0, 0.05) is 38.5 Å². The molecule has 2 heterocycles. The fourth-order valence-corrected chi connectivity index (χ4v) is 8.17. The van der Waals surface area contributed by atoms with Crippen molar-refractivity contribution in [1.29, 1.82) is 0 Å². The Hall–Kier alpha value is -7.17. The smallest absolute Gasteiger partial charge is 0.164 e. The van der Waals surface area contributed by atoms with E-state index in [4.69, 9.17) is 15.0 Å². The number of rotatable bonds is 4. The van der Waals surface area contributed by atoms with Gasteiger partial charge in [0.25, 0.3) is 0 Å². The number of nitrogens with zero attached hydrogens (tertiary/aromatic N) is 4. The average Bonchev–Trinajstić information content (AvgIpc) is 3.57. The Morgan fingerprint density at radius 3 is 1.49 bits per heavy atom. The van der Waals surface area contributed by atoms with Crippen LogP contribution in [0.2, 0.25) is 0 Å². The molecule has 2 aromatic heterocycles. The van der Waals surface area contributed by atoms with E-state index in [2.05, 4.69) is 150 Å². The largest absolute Gasteiger partial charge is 0.309 e. The third-order valence-electron chi connectivity index (χ3n) is 10.5. The Morgan fingerprint density at radius 1 is 0.340 bits per heavy atom. The fraction of sp³-hybridized carbons (Fsp3) is 0. The Bertz CT molecular complexity index is 3160. The number of benzene rings is 9. The minimum atomic E-state index is 0.636. The zero-order valence-electron chi connectivity index (χ0n) is 28.6. The molecule has 0 aliphatic rings. The van der Waals surface area contributed by atoms with Crippen molar-refractivity contribution in [2.75, 3.05) is 0 Å². The summed E-state index contributed by atoms with van der Waals surface area (Å²) < 4.78 is 2.47. The van der Waals surface area contributed by atoms with E-state index in [9.17, 15) is 0 Å². The van der Waals surface area contributed by atoms with Gasteiger partial charge in [-0.3, -0.25) is 0 Å². The lowest BCUT2D eigenvalue weighted by molar-refractivity contribution is 1.07. The second kappa shape index (κ2) is 11.7. The topological polar surface area (TPSA) is 43.6 Å². The van der Waals surface area contributed by atoms with Gasteiger partial charge in [-0.2, -0.15) is 0 Å². The highest BCUT2D eigenvalue weighted by Crippen LogP contribution is 2.44. The molecule has 9 aromatic carbocycles. The Morgan fingerprint density at radius 2 is 0.830 bits per heavy atom. The molecule has 4 nitrogen and oxygen atoms in total. The Labute approximate surface area is 305 Å². The van der Waals surface area contributed by atoms with Crippen molar-refractivity contribution in [1.82, 2.24) is 19.5 Å². The summed E-state index contributed by atoms with van der Waals surface area (Å²) in [5, 5.41) is 12.1. The maximum atomic E-state index is 5.20. The lowest BCUT2D eigenvalue weighted by atomic mass is 9.96. The summed E-state index contributed by atoms with van der Waals surface area (Å²) in [6.07, 6.45) is 0. The molecule has 0 bridgehead atoms. The van der Waals surface area contributed by atoms with Crippen LogP contribution < -0.4 is 0 Å². The van der Waals surface area contributed by atoms with Crippen molar-refractivity contribution in [3.05, 3.63) is 182 Å². The molecule has 0 saturated carbocycles. The highest BCUT2D eigenvalue weighted by molar-refractivity contribution is 6.33. The van der Waals surface area contributed by atoms with Gasteiger partial charge >= 0.3 is 0 Å². The van der Waals surface area contributed by atoms with Crippen LogP contribution in [-0.2, 0) is 0 Å². The first-order valence-corrected chi connectivity index (χ1v) is 18.0. The second-order valence-corrected chi connectivity index (χ2v) is 13.6. The molecular weight excluding hydrogens is 645 g/mol. The van der Waals surface area contributed by atoms with Gasteiger partial charge in [0.15, 0.2) is 17.5 Å². The molecule has 0 amide bonds. The van der Waals surface area contributed by atoms with E-state index < -0.39 is 0 Å². The predicted molar refractivity (Wildman–Crippen MR) is 220 cm³/mol. The summed E-state index contributed by atoms with van der Waals surface area (Å²) in [4.78, 5) is 15.4. The van der Waals surface area contributed by atoms with Crippen LogP contribution in [0, 0.1) is 0 Å². The molecule has 0 unspecified atom stereocenters. The van der Waals surface area contributed by atoms with E-state index in [-0.39, 0.29) is 0 Å². The average molecular weight is 675 g/mol. The van der Waals surface area contributed by atoms with Crippen LogP contribution in [0.4, 0.5) is 0 Å². The number of aromatic nitrogens is 4. The summed E-state index contributed by atoms with van der Waals surface area (Å²) in [5.74, 6) is 1.92. The lowest BCUT2D eigenvalue weighted by Crippen LogP contribution is -2.02. The van der Waals surface area contributed by atoms with Crippen LogP contribution in [0.15, 0.2) is 182 Å². The first-order chi connectivity index (χ1) is 26.3. The second-order valence-electron chi connectivity index (χ2n) is 13.6. The summed E-state index contributed by atoms with van der Waals surface area (Å²) in [5.41, 5.74) is 6.25. The predicted octanol–water partition coefficient (Wildman–Crippen LogP) is 12.6. The summed E-state index contributed by atoms with van der Waals surface area (Å²) in [7, 11) is 0. The van der Waals surface area contributed by atoms with Crippen molar-refractivity contribution in [3.8, 4) is 39.9 Å². The van der Waals surface area contributed by atoms with Gasteiger partial charge in [-0.1, -0.05) is 158 Å². The molecule has 0 radical (unpaired) electrons. The molecule has 0 fully saturated rings. The van der Waals surface area contributed by atoms with E-state index in [1.807, 2.05) is 36.4 Å². The first-order valence-electron chi connectivity index (χ1n) is 18.0. The van der Waals surface area contributed by atoms with E-state index in [0.717, 1.165) is 38.7 Å². The molecule has 0 spiro atoms. The standard InChI is InChI=1S/C49H30N4/c1-3-15-31(16-4-1)47-50-48(32-17-5-2-6-18-32)52-49(51-47)42-30-36(27-35-21-9-10-22-37(35)42)53-44-29-34-20-8-7-19-33(34)28-43(44)45-40-25-13-11-23-38(40)39-24-12-14-26-41(39)46(45)53/h1-30H. The van der Waals surface area contributed by atoms with Crippen LogP contribution in [0.1, 0.15) is 0 Å². The molecule has 0 atom stereocenters. The molecular formula is C49H30N4. The van der Waals surface area contributed by atoms with Crippen molar-refractivity contribution < 1.29 is 0 Å². The van der Waals surface area contributed by atoms with Gasteiger partial charge in [0.05, 0.1) is 11.0 Å². The van der Waals surface area contributed by atoms with Crippen LogP contribution >= 0.6 is 0 Å². The minimum absolute atomic E-state index is 0.636. The monoisotopic (exact) mass is 674 g/mol. The Kier molecular flexibility index (Phi) is 6.52. The zero-order valence-corrected chi connectivity index (χ0v) is 28.6. The Balaban J connectivity index is 1.29. The van der Waals surface area contributed by atoms with Crippen molar-refractivity contribution in [3.63, 3.8) is 0 Å². The van der Waals surface area contributed by atoms with Gasteiger partial charge in [-0.05, 0) is 62.0 Å². The van der Waals surface area contributed by atoms with Crippen LogP contribution in [0.25, 0.3) is 105 Å². The maximum Gasteiger partial charge on any atom is 0.164 e. The number of fused-ring (bicyclic) bond motifs is 10.